The molecule has 24 heavy (non-hydrogen) atoms. The van der Waals surface area contributed by atoms with Crippen molar-refractivity contribution in [1.29, 1.82) is 0 Å². The predicted octanol–water partition coefficient (Wildman–Crippen LogP) is 3.32. The van der Waals surface area contributed by atoms with Crippen molar-refractivity contribution < 1.29 is 19.2 Å². The Bertz CT molecular complexity index is 728. The number of nitrogens with zero attached hydrogens (tertiary/aromatic N) is 1. The lowest BCUT2D eigenvalue weighted by Gasteiger charge is -2.08. The Labute approximate surface area is 139 Å². The van der Waals surface area contributed by atoms with Crippen molar-refractivity contribution in [3.63, 3.8) is 0 Å². The number of hydrogen-bond acceptors (Lipinski definition) is 5. The van der Waals surface area contributed by atoms with Gasteiger partial charge in [0.15, 0.2) is 5.75 Å². The average Bonchev–Trinajstić information content (AvgIpc) is 2.56. The molecule has 0 aromatic heterocycles. The molecule has 0 aliphatic heterocycles. The van der Waals surface area contributed by atoms with Crippen molar-refractivity contribution in [3.8, 4) is 11.5 Å². The standard InChI is InChI=1S/C17H18N2O5/c1-12-3-6-14(7-4-12)24-10-9-17(20)18-13-5-8-16(23-2)15(11-13)19(21)22/h3-8,11H,9-10H2,1-2H3,(H,18,20). The Hall–Kier alpha value is -3.09. The molecule has 2 aromatic carbocycles. The number of rotatable bonds is 7. The molecule has 0 radical (unpaired) electrons. The summed E-state index contributed by atoms with van der Waals surface area (Å²) in [5.41, 5.74) is 1.26. The molecule has 0 aliphatic rings. The van der Waals surface area contributed by atoms with Crippen LogP contribution >= 0.6 is 0 Å². The first-order valence-electron chi connectivity index (χ1n) is 7.31. The van der Waals surface area contributed by atoms with Crippen LogP contribution in [0.5, 0.6) is 11.5 Å². The number of methoxy groups -OCH3 is 1. The number of hydrogen-bond donors (Lipinski definition) is 1. The number of carbonyl (C=O) groups is 1. The molecule has 2 aromatic rings. The van der Waals surface area contributed by atoms with E-state index < -0.39 is 4.92 Å². The summed E-state index contributed by atoms with van der Waals surface area (Å²) in [4.78, 5) is 22.3. The molecule has 0 saturated heterocycles. The number of anilines is 1. The SMILES string of the molecule is COc1ccc(NC(=O)CCOc2ccc(C)cc2)cc1[N+](=O)[O-]. The topological polar surface area (TPSA) is 90.7 Å². The summed E-state index contributed by atoms with van der Waals surface area (Å²) in [6, 6.07) is 11.8. The third-order valence-corrected chi connectivity index (χ3v) is 3.28. The zero-order valence-corrected chi connectivity index (χ0v) is 13.4. The average molecular weight is 330 g/mol. The Kier molecular flexibility index (Phi) is 5.73. The molecule has 7 nitrogen and oxygen atoms in total. The highest BCUT2D eigenvalue weighted by molar-refractivity contribution is 5.91. The molecule has 0 fully saturated rings. The first kappa shape index (κ1) is 17.3. The lowest BCUT2D eigenvalue weighted by molar-refractivity contribution is -0.385. The van der Waals surface area contributed by atoms with Crippen LogP contribution in [-0.2, 0) is 4.79 Å². The largest absolute Gasteiger partial charge is 0.493 e. The highest BCUT2D eigenvalue weighted by Crippen LogP contribution is 2.29. The molecule has 7 heteroatoms. The third kappa shape index (κ3) is 4.70. The van der Waals surface area contributed by atoms with Crippen molar-refractivity contribution >= 4 is 17.3 Å². The van der Waals surface area contributed by atoms with E-state index >= 15 is 0 Å². The molecule has 0 aliphatic carbocycles. The molecule has 0 saturated carbocycles. The maximum absolute atomic E-state index is 11.9. The van der Waals surface area contributed by atoms with Crippen LogP contribution in [0.4, 0.5) is 11.4 Å². The molecule has 0 heterocycles. The second-order valence-corrected chi connectivity index (χ2v) is 5.10. The van der Waals surface area contributed by atoms with Gasteiger partial charge in [-0.15, -0.1) is 0 Å². The molecular weight excluding hydrogens is 312 g/mol. The van der Waals surface area contributed by atoms with Gasteiger partial charge in [0, 0.05) is 11.8 Å². The van der Waals surface area contributed by atoms with E-state index in [4.69, 9.17) is 9.47 Å². The Balaban J connectivity index is 1.89. The molecule has 1 amide bonds. The van der Waals surface area contributed by atoms with Crippen LogP contribution in [-0.4, -0.2) is 24.5 Å². The predicted molar refractivity (Wildman–Crippen MR) is 89.6 cm³/mol. The van der Waals surface area contributed by atoms with E-state index in [-0.39, 0.29) is 30.4 Å². The van der Waals surface area contributed by atoms with Crippen molar-refractivity contribution in [2.75, 3.05) is 19.0 Å². The minimum atomic E-state index is -0.561. The zero-order chi connectivity index (χ0) is 17.5. The second-order valence-electron chi connectivity index (χ2n) is 5.10. The van der Waals surface area contributed by atoms with E-state index in [1.165, 1.54) is 19.2 Å². The first-order chi connectivity index (χ1) is 11.5. The van der Waals surface area contributed by atoms with Crippen LogP contribution in [0.2, 0.25) is 0 Å². The summed E-state index contributed by atoms with van der Waals surface area (Å²) in [5.74, 6) is 0.538. The Morgan fingerprint density at radius 3 is 2.54 bits per heavy atom. The molecule has 126 valence electrons. The van der Waals surface area contributed by atoms with Crippen LogP contribution < -0.4 is 14.8 Å². The van der Waals surface area contributed by atoms with Crippen molar-refractivity contribution in [3.05, 3.63) is 58.1 Å². The molecule has 0 spiro atoms. The van der Waals surface area contributed by atoms with Gasteiger partial charge < -0.3 is 14.8 Å². The van der Waals surface area contributed by atoms with Gasteiger partial charge in [-0.1, -0.05) is 17.7 Å². The summed E-state index contributed by atoms with van der Waals surface area (Å²) in [5, 5.41) is 13.6. The summed E-state index contributed by atoms with van der Waals surface area (Å²) in [6.45, 7) is 2.19. The monoisotopic (exact) mass is 330 g/mol. The minimum Gasteiger partial charge on any atom is -0.493 e. The number of benzene rings is 2. The molecule has 0 unspecified atom stereocenters. The number of ether oxygens (including phenoxy) is 2. The summed E-state index contributed by atoms with van der Waals surface area (Å²) in [6.07, 6.45) is 0.133. The molecule has 2 rings (SSSR count). The van der Waals surface area contributed by atoms with Crippen LogP contribution in [0.15, 0.2) is 42.5 Å². The number of amides is 1. The van der Waals surface area contributed by atoms with E-state index in [0.717, 1.165) is 5.56 Å². The van der Waals surface area contributed by atoms with Crippen LogP contribution in [0.3, 0.4) is 0 Å². The number of carbonyl (C=O) groups excluding carboxylic acids is 1. The first-order valence-corrected chi connectivity index (χ1v) is 7.31. The minimum absolute atomic E-state index is 0.133. The maximum atomic E-state index is 11.9. The summed E-state index contributed by atoms with van der Waals surface area (Å²) < 4.78 is 10.4. The molecule has 0 bridgehead atoms. The van der Waals surface area contributed by atoms with Gasteiger partial charge in [-0.25, -0.2) is 0 Å². The highest BCUT2D eigenvalue weighted by Gasteiger charge is 2.16. The Morgan fingerprint density at radius 2 is 1.92 bits per heavy atom. The van der Waals surface area contributed by atoms with E-state index in [1.54, 1.807) is 6.07 Å². The maximum Gasteiger partial charge on any atom is 0.312 e. The molecule has 1 N–H and O–H groups in total. The highest BCUT2D eigenvalue weighted by atomic mass is 16.6. The summed E-state index contributed by atoms with van der Waals surface area (Å²) in [7, 11) is 1.35. The van der Waals surface area contributed by atoms with Gasteiger partial charge in [-0.05, 0) is 31.2 Å². The fraction of sp³-hybridized carbons (Fsp3) is 0.235. The fourth-order valence-corrected chi connectivity index (χ4v) is 2.03. The van der Waals surface area contributed by atoms with Gasteiger partial charge in [0.25, 0.3) is 0 Å². The van der Waals surface area contributed by atoms with Crippen molar-refractivity contribution in [2.45, 2.75) is 13.3 Å². The van der Waals surface area contributed by atoms with E-state index in [1.807, 2.05) is 31.2 Å². The van der Waals surface area contributed by atoms with Crippen LogP contribution in [0.1, 0.15) is 12.0 Å². The lowest BCUT2D eigenvalue weighted by Crippen LogP contribution is -2.15. The van der Waals surface area contributed by atoms with Gasteiger partial charge in [0.1, 0.15) is 5.75 Å². The Morgan fingerprint density at radius 1 is 1.21 bits per heavy atom. The van der Waals surface area contributed by atoms with E-state index in [9.17, 15) is 14.9 Å². The number of nitro benzene ring substituents is 1. The fourth-order valence-electron chi connectivity index (χ4n) is 2.03. The molecular formula is C17H18N2O5. The van der Waals surface area contributed by atoms with Crippen LogP contribution in [0, 0.1) is 17.0 Å². The summed E-state index contributed by atoms with van der Waals surface area (Å²) >= 11 is 0. The van der Waals surface area contributed by atoms with Crippen LogP contribution in [0.25, 0.3) is 0 Å². The van der Waals surface area contributed by atoms with Gasteiger partial charge in [0.2, 0.25) is 5.91 Å². The van der Waals surface area contributed by atoms with Crippen molar-refractivity contribution in [1.82, 2.24) is 0 Å². The van der Waals surface area contributed by atoms with Gasteiger partial charge in [0.05, 0.1) is 25.1 Å². The van der Waals surface area contributed by atoms with Gasteiger partial charge >= 0.3 is 5.69 Å². The smallest absolute Gasteiger partial charge is 0.312 e. The number of nitrogens with one attached hydrogen (secondary N) is 1. The lowest BCUT2D eigenvalue weighted by atomic mass is 10.2. The zero-order valence-electron chi connectivity index (χ0n) is 13.4. The van der Waals surface area contributed by atoms with Gasteiger partial charge in [-0.2, -0.15) is 0 Å². The third-order valence-electron chi connectivity index (χ3n) is 3.28. The normalized spacial score (nSPS) is 10.1. The van der Waals surface area contributed by atoms with Gasteiger partial charge in [-0.3, -0.25) is 14.9 Å². The number of nitro groups is 1. The van der Waals surface area contributed by atoms with E-state index in [0.29, 0.717) is 11.4 Å². The molecule has 0 atom stereocenters. The number of aryl methyl sites for hydroxylation is 1. The van der Waals surface area contributed by atoms with E-state index in [2.05, 4.69) is 5.32 Å². The second kappa shape index (κ2) is 7.96. The quantitative estimate of drug-likeness (QED) is 0.621. The van der Waals surface area contributed by atoms with Crippen molar-refractivity contribution in [2.24, 2.45) is 0 Å².